The van der Waals surface area contributed by atoms with Crippen molar-refractivity contribution < 1.29 is 42.7 Å². The fourth-order valence-corrected chi connectivity index (χ4v) is 5.85. The number of rotatable bonds is 37. The molecule has 0 rings (SSSR count). The second-order valence-electron chi connectivity index (χ2n) is 13.3. The van der Waals surface area contributed by atoms with Gasteiger partial charge in [0.15, 0.2) is 6.10 Å². The van der Waals surface area contributed by atoms with Gasteiger partial charge in [-0.3, -0.25) is 18.6 Å². The van der Waals surface area contributed by atoms with Crippen LogP contribution in [0.3, 0.4) is 0 Å². The maximum atomic E-state index is 12.6. The second kappa shape index (κ2) is 38.7. The maximum Gasteiger partial charge on any atom is 0.472 e. The first kappa shape index (κ1) is 51.4. The van der Waals surface area contributed by atoms with Crippen molar-refractivity contribution in [2.24, 2.45) is 5.73 Å². The van der Waals surface area contributed by atoms with Crippen LogP contribution < -0.4 is 5.73 Å². The third-order valence-corrected chi connectivity index (χ3v) is 9.14. The predicted molar refractivity (Wildman–Crippen MR) is 221 cm³/mol. The molecular weight excluding hydrogens is 705 g/mol. The van der Waals surface area contributed by atoms with E-state index >= 15 is 0 Å². The molecule has 0 aliphatic heterocycles. The second-order valence-corrected chi connectivity index (χ2v) is 14.8. The number of phosphoric acid groups is 1. The monoisotopic (exact) mass is 780 g/mol. The third kappa shape index (κ3) is 37.7. The largest absolute Gasteiger partial charge is 0.472 e. The zero-order chi connectivity index (χ0) is 39.8. The zero-order valence-corrected chi connectivity index (χ0v) is 34.4. The molecule has 0 heterocycles. The average molecular weight is 780 g/mol. The minimum absolute atomic E-state index is 0.0347. The van der Waals surface area contributed by atoms with Crippen molar-refractivity contribution in [1.82, 2.24) is 0 Å². The smallest absolute Gasteiger partial charge is 0.462 e. The molecule has 310 valence electrons. The summed E-state index contributed by atoms with van der Waals surface area (Å²) in [7, 11) is -4.40. The Bertz CT molecular complexity index is 1130. The molecule has 0 radical (unpaired) electrons. The van der Waals surface area contributed by atoms with E-state index in [0.717, 1.165) is 77.0 Å². The van der Waals surface area contributed by atoms with Crippen molar-refractivity contribution in [3.63, 3.8) is 0 Å². The number of ether oxygens (including phenoxy) is 2. The molecule has 0 aromatic carbocycles. The summed E-state index contributed by atoms with van der Waals surface area (Å²) >= 11 is 0. The summed E-state index contributed by atoms with van der Waals surface area (Å²) in [4.78, 5) is 34.8. The topological polar surface area (TPSA) is 155 Å². The van der Waals surface area contributed by atoms with E-state index < -0.39 is 38.6 Å². The van der Waals surface area contributed by atoms with Gasteiger partial charge in [-0.25, -0.2) is 4.57 Å². The van der Waals surface area contributed by atoms with Crippen LogP contribution in [0.15, 0.2) is 72.9 Å². The molecule has 0 aliphatic carbocycles. The van der Waals surface area contributed by atoms with Crippen LogP contribution >= 0.6 is 7.82 Å². The van der Waals surface area contributed by atoms with E-state index in [4.69, 9.17) is 24.3 Å². The fourth-order valence-electron chi connectivity index (χ4n) is 5.09. The quantitative estimate of drug-likeness (QED) is 0.0182. The Morgan fingerprint density at radius 3 is 1.87 bits per heavy atom. The van der Waals surface area contributed by atoms with Crippen molar-refractivity contribution in [2.45, 2.75) is 161 Å². The molecule has 54 heavy (non-hydrogen) atoms. The van der Waals surface area contributed by atoms with Gasteiger partial charge >= 0.3 is 19.8 Å². The number of phosphoric ester groups is 1. The van der Waals surface area contributed by atoms with Gasteiger partial charge in [0, 0.05) is 19.4 Å². The highest BCUT2D eigenvalue weighted by Crippen LogP contribution is 2.43. The van der Waals surface area contributed by atoms with E-state index in [9.17, 15) is 24.2 Å². The van der Waals surface area contributed by atoms with Gasteiger partial charge in [0.1, 0.15) is 6.61 Å². The van der Waals surface area contributed by atoms with Crippen LogP contribution in [0.5, 0.6) is 0 Å². The number of esters is 2. The molecular formula is C43H74NO9P. The first-order valence-electron chi connectivity index (χ1n) is 20.5. The van der Waals surface area contributed by atoms with Crippen LogP contribution in [-0.4, -0.2) is 60.5 Å². The van der Waals surface area contributed by atoms with E-state index in [1.165, 1.54) is 25.7 Å². The van der Waals surface area contributed by atoms with Gasteiger partial charge in [-0.2, -0.15) is 0 Å². The number of hydrogen-bond acceptors (Lipinski definition) is 9. The van der Waals surface area contributed by atoms with E-state index in [1.807, 2.05) is 24.3 Å². The van der Waals surface area contributed by atoms with Crippen LogP contribution in [0.25, 0.3) is 0 Å². The molecule has 4 N–H and O–H groups in total. The van der Waals surface area contributed by atoms with Gasteiger partial charge < -0.3 is 25.2 Å². The lowest BCUT2D eigenvalue weighted by molar-refractivity contribution is -0.161. The third-order valence-electron chi connectivity index (χ3n) is 8.16. The highest BCUT2D eigenvalue weighted by Gasteiger charge is 2.26. The average Bonchev–Trinajstić information content (AvgIpc) is 3.15. The first-order valence-corrected chi connectivity index (χ1v) is 22.0. The summed E-state index contributed by atoms with van der Waals surface area (Å²) in [6.07, 6.45) is 42.6. The number of aliphatic hydroxyl groups is 1. The van der Waals surface area contributed by atoms with E-state index in [-0.39, 0.29) is 32.6 Å². The van der Waals surface area contributed by atoms with Crippen LogP contribution in [0, 0.1) is 0 Å². The Hall–Kier alpha value is -2.59. The lowest BCUT2D eigenvalue weighted by atomic mass is 10.1. The molecule has 10 nitrogen and oxygen atoms in total. The SMILES string of the molecule is CC/C=C/CC(O)/C=C/C=C/CCCCCCCC(=O)OC[C@H](COP(=O)(O)OCCN)OC(=O)CCCCCC/C=C\C/C=C\C/C=C\CCCCC. The lowest BCUT2D eigenvalue weighted by Gasteiger charge is -2.19. The number of hydrogen-bond donors (Lipinski definition) is 3. The van der Waals surface area contributed by atoms with Crippen LogP contribution in [-0.2, 0) is 32.7 Å². The highest BCUT2D eigenvalue weighted by molar-refractivity contribution is 7.47. The van der Waals surface area contributed by atoms with Crippen molar-refractivity contribution >= 4 is 19.8 Å². The van der Waals surface area contributed by atoms with Crippen LogP contribution in [0.1, 0.15) is 149 Å². The molecule has 2 unspecified atom stereocenters. The Kier molecular flexibility index (Phi) is 36.8. The van der Waals surface area contributed by atoms with Gasteiger partial charge in [0.05, 0.1) is 19.3 Å². The van der Waals surface area contributed by atoms with Crippen molar-refractivity contribution in [3.8, 4) is 0 Å². The zero-order valence-electron chi connectivity index (χ0n) is 33.5. The number of nitrogens with two attached hydrogens (primary N) is 1. The Labute approximate surface area is 327 Å². The number of aliphatic hydroxyl groups excluding tert-OH is 1. The van der Waals surface area contributed by atoms with E-state index in [2.05, 4.69) is 56.4 Å². The summed E-state index contributed by atoms with van der Waals surface area (Å²) in [5, 5.41) is 9.85. The van der Waals surface area contributed by atoms with Gasteiger partial charge in [0.25, 0.3) is 0 Å². The summed E-state index contributed by atoms with van der Waals surface area (Å²) in [6.45, 7) is 3.40. The van der Waals surface area contributed by atoms with E-state index in [1.54, 1.807) is 6.08 Å². The number of carbonyl (C=O) groups is 2. The fraction of sp³-hybridized carbons (Fsp3) is 0.674. The molecule has 0 fully saturated rings. The molecule has 0 amide bonds. The van der Waals surface area contributed by atoms with Crippen molar-refractivity contribution in [2.75, 3.05) is 26.4 Å². The molecule has 0 aliphatic rings. The standard InChI is InChI=1S/C43H74NO9P/c1-3-5-7-8-9-10-11-12-13-14-15-16-17-20-24-27-31-35-43(47)53-41(39-52-54(48,49)51-37-36-44)38-50-42(46)34-30-26-23-21-18-19-22-25-29-33-40(45)32-28-6-4-2/h6,9-10,12-13,15-16,22,25,28-29,33,40-41,45H,3-5,7-8,11,14,17-21,23-24,26-27,30-32,34-39,44H2,1-2H3,(H,48,49)/b10-9-,13-12-,16-15-,25-22+,28-6+,33-29+/t40?,41-/m1/s1. The predicted octanol–water partition coefficient (Wildman–Crippen LogP) is 10.5. The van der Waals surface area contributed by atoms with Gasteiger partial charge in [-0.05, 0) is 77.0 Å². The summed E-state index contributed by atoms with van der Waals surface area (Å²) < 4.78 is 32.7. The number of carbonyl (C=O) groups excluding carboxylic acids is 2. The summed E-state index contributed by atoms with van der Waals surface area (Å²) in [5.41, 5.74) is 5.33. The van der Waals surface area contributed by atoms with E-state index in [0.29, 0.717) is 19.3 Å². The number of unbranched alkanes of at least 4 members (excludes halogenated alkanes) is 12. The molecule has 0 saturated carbocycles. The molecule has 0 spiro atoms. The van der Waals surface area contributed by atoms with Crippen LogP contribution in [0.2, 0.25) is 0 Å². The lowest BCUT2D eigenvalue weighted by Crippen LogP contribution is -2.29. The van der Waals surface area contributed by atoms with Gasteiger partial charge in [0.2, 0.25) is 0 Å². The molecule has 0 aromatic rings. The van der Waals surface area contributed by atoms with Crippen LogP contribution in [0.4, 0.5) is 0 Å². The Morgan fingerprint density at radius 2 is 1.24 bits per heavy atom. The minimum atomic E-state index is -4.40. The number of allylic oxidation sites excluding steroid dienone is 10. The molecule has 11 heteroatoms. The maximum absolute atomic E-state index is 12.6. The summed E-state index contributed by atoms with van der Waals surface area (Å²) in [5.74, 6) is -0.916. The Morgan fingerprint density at radius 1 is 0.667 bits per heavy atom. The van der Waals surface area contributed by atoms with Gasteiger partial charge in [-0.1, -0.05) is 132 Å². The molecule has 3 atom stereocenters. The minimum Gasteiger partial charge on any atom is -0.462 e. The Balaban J connectivity index is 4.32. The summed E-state index contributed by atoms with van der Waals surface area (Å²) in [6, 6.07) is 0. The first-order chi connectivity index (χ1) is 26.2. The van der Waals surface area contributed by atoms with Crippen molar-refractivity contribution in [3.05, 3.63) is 72.9 Å². The normalized spacial score (nSPS) is 14.7. The molecule has 0 bridgehead atoms. The van der Waals surface area contributed by atoms with Gasteiger partial charge in [-0.15, -0.1) is 0 Å². The highest BCUT2D eigenvalue weighted by atomic mass is 31.2. The molecule has 0 saturated heterocycles. The van der Waals surface area contributed by atoms with Crippen molar-refractivity contribution in [1.29, 1.82) is 0 Å². The molecule has 0 aromatic heterocycles.